The Morgan fingerprint density at radius 3 is 2.59 bits per heavy atom. The fourth-order valence-corrected chi connectivity index (χ4v) is 3.80. The molecule has 1 N–H and O–H groups in total. The van der Waals surface area contributed by atoms with Gasteiger partial charge in [-0.2, -0.15) is 0 Å². The number of nitrogens with one attached hydrogen (secondary N) is 1. The minimum absolute atomic E-state index is 0.0199. The topological polar surface area (TPSA) is 72.0 Å². The first-order valence-electron chi connectivity index (χ1n) is 7.13. The molecule has 0 unspecified atom stereocenters. The van der Waals surface area contributed by atoms with Crippen molar-refractivity contribution >= 4 is 21.6 Å². The summed E-state index contributed by atoms with van der Waals surface area (Å²) in [5.41, 5.74) is 2.79. The first kappa shape index (κ1) is 15.4. The van der Waals surface area contributed by atoms with Gasteiger partial charge in [-0.3, -0.25) is 4.98 Å². The Labute approximate surface area is 134 Å². The van der Waals surface area contributed by atoms with Gasteiger partial charge in [-0.1, -0.05) is 17.7 Å². The molecule has 0 saturated heterocycles. The molecule has 1 heterocycles. The van der Waals surface area contributed by atoms with Gasteiger partial charge >= 0.3 is 0 Å². The molecule has 0 radical (unpaired) electrons. The molecule has 2 aromatic rings. The molecular formula is C15H16ClN3O2S. The van der Waals surface area contributed by atoms with Gasteiger partial charge in [-0.05, 0) is 48.9 Å². The molecule has 0 saturated carbocycles. The third-order valence-corrected chi connectivity index (χ3v) is 5.50. The smallest absolute Gasteiger partial charge is 0.240 e. The summed E-state index contributed by atoms with van der Waals surface area (Å²) in [4.78, 5) is 8.19. The van der Waals surface area contributed by atoms with Crippen LogP contribution in [0, 0.1) is 0 Å². The van der Waals surface area contributed by atoms with E-state index in [0.29, 0.717) is 5.69 Å². The molecule has 1 aliphatic carbocycles. The lowest BCUT2D eigenvalue weighted by atomic mass is 9.92. The number of aromatic nitrogens is 2. The highest BCUT2D eigenvalue weighted by Gasteiger charge is 2.18. The lowest BCUT2D eigenvalue weighted by Gasteiger charge is -2.16. The van der Waals surface area contributed by atoms with Gasteiger partial charge in [0.15, 0.2) is 5.15 Å². The minimum atomic E-state index is -3.59. The summed E-state index contributed by atoms with van der Waals surface area (Å²) in [5.74, 6) is 0. The number of benzene rings is 1. The molecule has 22 heavy (non-hydrogen) atoms. The maximum absolute atomic E-state index is 12.4. The molecule has 116 valence electrons. The summed E-state index contributed by atoms with van der Waals surface area (Å²) in [5, 5.41) is 0.204. The van der Waals surface area contributed by atoms with Crippen LogP contribution in [-0.2, 0) is 29.4 Å². The number of halogens is 1. The van der Waals surface area contributed by atoms with Crippen molar-refractivity contribution in [2.45, 2.75) is 37.1 Å². The zero-order chi connectivity index (χ0) is 15.6. The van der Waals surface area contributed by atoms with Crippen LogP contribution in [0.2, 0.25) is 5.15 Å². The average molecular weight is 338 g/mol. The van der Waals surface area contributed by atoms with Gasteiger partial charge in [0, 0.05) is 12.4 Å². The Bertz CT molecular complexity index is 793. The van der Waals surface area contributed by atoms with Crippen molar-refractivity contribution in [3.8, 4) is 0 Å². The quantitative estimate of drug-likeness (QED) is 0.930. The summed E-state index contributed by atoms with van der Waals surface area (Å²) >= 11 is 5.89. The van der Waals surface area contributed by atoms with E-state index in [4.69, 9.17) is 11.6 Å². The van der Waals surface area contributed by atoms with E-state index in [-0.39, 0.29) is 16.6 Å². The summed E-state index contributed by atoms with van der Waals surface area (Å²) in [7, 11) is -3.59. The van der Waals surface area contributed by atoms with Crippen LogP contribution in [0.4, 0.5) is 0 Å². The maximum atomic E-state index is 12.4. The molecule has 0 aliphatic heterocycles. The molecule has 1 aromatic carbocycles. The fraction of sp³-hybridized carbons (Fsp3) is 0.333. The second-order valence-electron chi connectivity index (χ2n) is 5.26. The van der Waals surface area contributed by atoms with Crippen molar-refractivity contribution in [3.63, 3.8) is 0 Å². The van der Waals surface area contributed by atoms with Crippen molar-refractivity contribution in [2.24, 2.45) is 0 Å². The summed E-state index contributed by atoms with van der Waals surface area (Å²) in [6, 6.07) is 5.35. The van der Waals surface area contributed by atoms with Gasteiger partial charge in [-0.25, -0.2) is 18.1 Å². The summed E-state index contributed by atoms with van der Waals surface area (Å²) in [6.07, 6.45) is 7.19. The number of sulfonamides is 1. The van der Waals surface area contributed by atoms with E-state index in [1.54, 1.807) is 12.1 Å². The fourth-order valence-electron chi connectivity index (χ4n) is 2.59. The SMILES string of the molecule is O=S(=O)(NCc1nccnc1Cl)c1ccc2c(c1)CCCC2. The predicted octanol–water partition coefficient (Wildman–Crippen LogP) is 2.49. The van der Waals surface area contributed by atoms with Crippen LogP contribution in [-0.4, -0.2) is 18.4 Å². The second kappa shape index (κ2) is 6.32. The van der Waals surface area contributed by atoms with Crippen LogP contribution in [0.25, 0.3) is 0 Å². The zero-order valence-electron chi connectivity index (χ0n) is 11.9. The van der Waals surface area contributed by atoms with Crippen molar-refractivity contribution in [1.82, 2.24) is 14.7 Å². The highest BCUT2D eigenvalue weighted by Crippen LogP contribution is 2.24. The van der Waals surface area contributed by atoms with E-state index in [9.17, 15) is 8.42 Å². The number of fused-ring (bicyclic) bond motifs is 1. The highest BCUT2D eigenvalue weighted by molar-refractivity contribution is 7.89. The highest BCUT2D eigenvalue weighted by atomic mass is 35.5. The molecule has 5 nitrogen and oxygen atoms in total. The largest absolute Gasteiger partial charge is 0.255 e. The summed E-state index contributed by atoms with van der Waals surface area (Å²) in [6.45, 7) is 0.0199. The van der Waals surface area contributed by atoms with Crippen LogP contribution < -0.4 is 4.72 Å². The van der Waals surface area contributed by atoms with Crippen molar-refractivity contribution in [1.29, 1.82) is 0 Å². The van der Waals surface area contributed by atoms with Crippen LogP contribution in [0.15, 0.2) is 35.5 Å². The lowest BCUT2D eigenvalue weighted by Crippen LogP contribution is -2.24. The van der Waals surface area contributed by atoms with E-state index < -0.39 is 10.0 Å². The minimum Gasteiger partial charge on any atom is -0.255 e. The molecule has 0 spiro atoms. The third kappa shape index (κ3) is 3.29. The summed E-state index contributed by atoms with van der Waals surface area (Å²) < 4.78 is 27.3. The molecule has 7 heteroatoms. The van der Waals surface area contributed by atoms with Gasteiger partial charge in [0.05, 0.1) is 17.1 Å². The average Bonchev–Trinajstić information content (AvgIpc) is 2.54. The number of hydrogen-bond donors (Lipinski definition) is 1. The zero-order valence-corrected chi connectivity index (χ0v) is 13.5. The predicted molar refractivity (Wildman–Crippen MR) is 84.2 cm³/mol. The first-order chi connectivity index (χ1) is 10.6. The molecule has 1 aromatic heterocycles. The third-order valence-electron chi connectivity index (χ3n) is 3.78. The van der Waals surface area contributed by atoms with Crippen LogP contribution in [0.5, 0.6) is 0 Å². The monoisotopic (exact) mass is 337 g/mol. The lowest BCUT2D eigenvalue weighted by molar-refractivity contribution is 0.579. The molecule has 0 bridgehead atoms. The Hall–Kier alpha value is -1.50. The first-order valence-corrected chi connectivity index (χ1v) is 8.99. The molecule has 3 rings (SSSR count). The maximum Gasteiger partial charge on any atom is 0.240 e. The van der Waals surface area contributed by atoms with E-state index in [1.807, 2.05) is 6.07 Å². The molecule has 1 aliphatic rings. The normalized spacial score (nSPS) is 14.6. The number of aryl methyl sites for hydroxylation is 2. The Morgan fingerprint density at radius 1 is 1.09 bits per heavy atom. The molecule has 0 atom stereocenters. The molecular weight excluding hydrogens is 322 g/mol. The number of hydrogen-bond acceptors (Lipinski definition) is 4. The Morgan fingerprint density at radius 2 is 1.82 bits per heavy atom. The standard InChI is InChI=1S/C15H16ClN3O2S/c16-15-14(17-7-8-18-15)10-19-22(20,21)13-6-5-11-3-1-2-4-12(11)9-13/h5-9,19H,1-4,10H2. The van der Waals surface area contributed by atoms with Crippen molar-refractivity contribution in [3.05, 3.63) is 52.6 Å². The van der Waals surface area contributed by atoms with Crippen molar-refractivity contribution in [2.75, 3.05) is 0 Å². The number of nitrogens with zero attached hydrogens (tertiary/aromatic N) is 2. The van der Waals surface area contributed by atoms with Crippen LogP contribution in [0.1, 0.15) is 29.7 Å². The Balaban J connectivity index is 1.80. The molecule has 0 amide bonds. The van der Waals surface area contributed by atoms with Gasteiger partial charge < -0.3 is 0 Å². The van der Waals surface area contributed by atoms with Gasteiger partial charge in [-0.15, -0.1) is 0 Å². The second-order valence-corrected chi connectivity index (χ2v) is 7.38. The van der Waals surface area contributed by atoms with Crippen molar-refractivity contribution < 1.29 is 8.42 Å². The number of rotatable bonds is 4. The van der Waals surface area contributed by atoms with Gasteiger partial charge in [0.1, 0.15) is 0 Å². The van der Waals surface area contributed by atoms with Crippen LogP contribution >= 0.6 is 11.6 Å². The van der Waals surface area contributed by atoms with E-state index >= 15 is 0 Å². The van der Waals surface area contributed by atoms with Crippen LogP contribution in [0.3, 0.4) is 0 Å². The van der Waals surface area contributed by atoms with E-state index in [2.05, 4.69) is 14.7 Å². The van der Waals surface area contributed by atoms with E-state index in [0.717, 1.165) is 24.8 Å². The van der Waals surface area contributed by atoms with E-state index in [1.165, 1.54) is 24.4 Å². The van der Waals surface area contributed by atoms with Gasteiger partial charge in [0.25, 0.3) is 0 Å². The Kier molecular flexibility index (Phi) is 4.42. The molecule has 0 fully saturated rings. The van der Waals surface area contributed by atoms with Gasteiger partial charge in [0.2, 0.25) is 10.0 Å².